The Morgan fingerprint density at radius 3 is 3.21 bits per heavy atom. The highest BCUT2D eigenvalue weighted by Gasteiger charge is 2.20. The highest BCUT2D eigenvalue weighted by molar-refractivity contribution is 7.22. The van der Waals surface area contributed by atoms with Crippen LogP contribution in [0.25, 0.3) is 10.2 Å². The third-order valence-corrected chi connectivity index (χ3v) is 4.39. The van der Waals surface area contributed by atoms with Crippen LogP contribution in [0.3, 0.4) is 0 Å². The molecule has 0 radical (unpaired) electrons. The second-order valence-corrected chi connectivity index (χ2v) is 5.76. The van der Waals surface area contributed by atoms with Crippen LogP contribution < -0.4 is 5.32 Å². The molecule has 0 fully saturated rings. The van der Waals surface area contributed by atoms with E-state index >= 15 is 0 Å². The molecule has 1 aliphatic rings. The van der Waals surface area contributed by atoms with Crippen molar-refractivity contribution in [3.8, 4) is 0 Å². The standard InChI is InChI=1S/C13H13N5S/c1-2-4-11-10(3-1)17-13(19-11)16-9-5-6-12-14-8-15-18(12)7-9/h1-4,8-9H,5-7H2,(H,16,17). The van der Waals surface area contributed by atoms with Crippen LogP contribution in [0.2, 0.25) is 0 Å². The van der Waals surface area contributed by atoms with Crippen molar-refractivity contribution in [1.82, 2.24) is 19.7 Å². The van der Waals surface area contributed by atoms with Crippen molar-refractivity contribution in [3.05, 3.63) is 36.4 Å². The molecular formula is C13H13N5S. The van der Waals surface area contributed by atoms with E-state index in [-0.39, 0.29) is 0 Å². The van der Waals surface area contributed by atoms with E-state index in [9.17, 15) is 0 Å². The normalized spacial score (nSPS) is 18.4. The van der Waals surface area contributed by atoms with Crippen molar-refractivity contribution < 1.29 is 0 Å². The maximum atomic E-state index is 4.61. The molecule has 3 aromatic rings. The number of hydrogen-bond acceptors (Lipinski definition) is 5. The Hall–Kier alpha value is -1.95. The summed E-state index contributed by atoms with van der Waals surface area (Å²) in [5, 5.41) is 8.75. The molecule has 0 saturated carbocycles. The zero-order valence-corrected chi connectivity index (χ0v) is 11.1. The number of aryl methyl sites for hydroxylation is 1. The van der Waals surface area contributed by atoms with Crippen LogP contribution in [0.1, 0.15) is 12.2 Å². The smallest absolute Gasteiger partial charge is 0.184 e. The second-order valence-electron chi connectivity index (χ2n) is 4.73. The summed E-state index contributed by atoms with van der Waals surface area (Å²) in [5.41, 5.74) is 1.06. The molecule has 1 aromatic carbocycles. The number of rotatable bonds is 2. The molecule has 0 aliphatic carbocycles. The summed E-state index contributed by atoms with van der Waals surface area (Å²) in [6, 6.07) is 8.61. The second kappa shape index (κ2) is 4.31. The average Bonchev–Trinajstić information content (AvgIpc) is 3.03. The highest BCUT2D eigenvalue weighted by atomic mass is 32.1. The van der Waals surface area contributed by atoms with Gasteiger partial charge in [0.05, 0.1) is 16.8 Å². The molecule has 1 N–H and O–H groups in total. The lowest BCUT2D eigenvalue weighted by Gasteiger charge is -2.23. The minimum absolute atomic E-state index is 0.384. The topological polar surface area (TPSA) is 55.6 Å². The zero-order chi connectivity index (χ0) is 12.7. The molecule has 0 amide bonds. The van der Waals surface area contributed by atoms with Crippen molar-refractivity contribution in [2.24, 2.45) is 0 Å². The zero-order valence-electron chi connectivity index (χ0n) is 10.3. The maximum Gasteiger partial charge on any atom is 0.184 e. The number of fused-ring (bicyclic) bond motifs is 2. The third kappa shape index (κ3) is 1.98. The summed E-state index contributed by atoms with van der Waals surface area (Å²) < 4.78 is 3.20. The lowest BCUT2D eigenvalue weighted by atomic mass is 10.1. The molecule has 6 heteroatoms. The van der Waals surface area contributed by atoms with Crippen molar-refractivity contribution in [1.29, 1.82) is 0 Å². The van der Waals surface area contributed by atoms with Gasteiger partial charge < -0.3 is 5.32 Å². The van der Waals surface area contributed by atoms with E-state index in [1.807, 2.05) is 22.9 Å². The Morgan fingerprint density at radius 2 is 2.26 bits per heavy atom. The van der Waals surface area contributed by atoms with Crippen molar-refractivity contribution in [2.75, 3.05) is 5.32 Å². The van der Waals surface area contributed by atoms with E-state index in [1.54, 1.807) is 17.7 Å². The maximum absolute atomic E-state index is 4.61. The summed E-state index contributed by atoms with van der Waals surface area (Å²) in [5.74, 6) is 1.09. The van der Waals surface area contributed by atoms with E-state index in [2.05, 4.69) is 26.4 Å². The van der Waals surface area contributed by atoms with Gasteiger partial charge in [0.2, 0.25) is 0 Å². The molecule has 96 valence electrons. The molecule has 1 atom stereocenters. The van der Waals surface area contributed by atoms with Crippen LogP contribution in [0.15, 0.2) is 30.6 Å². The molecule has 19 heavy (non-hydrogen) atoms. The van der Waals surface area contributed by atoms with Crippen molar-refractivity contribution >= 4 is 26.7 Å². The van der Waals surface area contributed by atoms with Gasteiger partial charge in [0.15, 0.2) is 5.13 Å². The summed E-state index contributed by atoms with van der Waals surface area (Å²) in [7, 11) is 0. The fourth-order valence-corrected chi connectivity index (χ4v) is 3.41. The van der Waals surface area contributed by atoms with Gasteiger partial charge in [-0.25, -0.2) is 14.6 Å². The van der Waals surface area contributed by atoms with Gasteiger partial charge in [0.1, 0.15) is 12.2 Å². The van der Waals surface area contributed by atoms with Crippen LogP contribution in [0.4, 0.5) is 5.13 Å². The summed E-state index contributed by atoms with van der Waals surface area (Å²) >= 11 is 1.71. The molecular weight excluding hydrogens is 258 g/mol. The largest absolute Gasteiger partial charge is 0.357 e. The molecule has 5 nitrogen and oxygen atoms in total. The van der Waals surface area contributed by atoms with Gasteiger partial charge in [0, 0.05) is 12.5 Å². The molecule has 3 heterocycles. The Morgan fingerprint density at radius 1 is 1.32 bits per heavy atom. The molecule has 4 rings (SSSR count). The molecule has 0 saturated heterocycles. The number of anilines is 1. The number of para-hydroxylation sites is 1. The summed E-state index contributed by atoms with van der Waals surface area (Å²) in [6.07, 6.45) is 3.69. The Kier molecular flexibility index (Phi) is 2.48. The van der Waals surface area contributed by atoms with Crippen LogP contribution >= 0.6 is 11.3 Å². The monoisotopic (exact) mass is 271 g/mol. The molecule has 0 spiro atoms. The van der Waals surface area contributed by atoms with E-state index < -0.39 is 0 Å². The highest BCUT2D eigenvalue weighted by Crippen LogP contribution is 2.27. The van der Waals surface area contributed by atoms with Gasteiger partial charge in [-0.3, -0.25) is 0 Å². The first-order valence-corrected chi connectivity index (χ1v) is 7.19. The first-order chi connectivity index (χ1) is 9.38. The van der Waals surface area contributed by atoms with E-state index in [0.717, 1.165) is 35.9 Å². The number of nitrogens with zero attached hydrogens (tertiary/aromatic N) is 4. The van der Waals surface area contributed by atoms with Crippen LogP contribution in [0, 0.1) is 0 Å². The minimum atomic E-state index is 0.384. The van der Waals surface area contributed by atoms with Crippen molar-refractivity contribution in [2.45, 2.75) is 25.4 Å². The van der Waals surface area contributed by atoms with Crippen LogP contribution in [0.5, 0.6) is 0 Å². The lowest BCUT2D eigenvalue weighted by molar-refractivity contribution is 0.441. The van der Waals surface area contributed by atoms with Crippen LogP contribution in [-0.2, 0) is 13.0 Å². The average molecular weight is 271 g/mol. The molecule has 0 bridgehead atoms. The van der Waals surface area contributed by atoms with Gasteiger partial charge in [-0.15, -0.1) is 0 Å². The predicted molar refractivity (Wildman–Crippen MR) is 75.4 cm³/mol. The fraction of sp³-hybridized carbons (Fsp3) is 0.308. The van der Waals surface area contributed by atoms with Crippen LogP contribution in [-0.4, -0.2) is 25.8 Å². The minimum Gasteiger partial charge on any atom is -0.357 e. The van der Waals surface area contributed by atoms with Crippen molar-refractivity contribution in [3.63, 3.8) is 0 Å². The van der Waals surface area contributed by atoms with Gasteiger partial charge in [0.25, 0.3) is 0 Å². The van der Waals surface area contributed by atoms with E-state index in [1.165, 1.54) is 4.70 Å². The van der Waals surface area contributed by atoms with Gasteiger partial charge in [-0.2, -0.15) is 5.10 Å². The summed E-state index contributed by atoms with van der Waals surface area (Å²) in [4.78, 5) is 8.86. The number of aromatic nitrogens is 4. The SMILES string of the molecule is c1ccc2sc(NC3CCc4ncnn4C3)nc2c1. The number of thiazole rings is 1. The first kappa shape index (κ1) is 10.9. The van der Waals surface area contributed by atoms with Gasteiger partial charge in [-0.1, -0.05) is 23.5 Å². The predicted octanol–water partition coefficient (Wildman–Crippen LogP) is 2.31. The van der Waals surface area contributed by atoms with Gasteiger partial charge >= 0.3 is 0 Å². The first-order valence-electron chi connectivity index (χ1n) is 6.37. The van der Waals surface area contributed by atoms with E-state index in [4.69, 9.17) is 0 Å². The lowest BCUT2D eigenvalue weighted by Crippen LogP contribution is -2.31. The summed E-state index contributed by atoms with van der Waals surface area (Å²) in [6.45, 7) is 0.866. The quantitative estimate of drug-likeness (QED) is 0.777. The molecule has 1 aliphatic heterocycles. The Bertz CT molecular complexity index is 683. The Labute approximate surface area is 114 Å². The number of benzene rings is 1. The Balaban J connectivity index is 1.55. The molecule has 2 aromatic heterocycles. The fourth-order valence-electron chi connectivity index (χ4n) is 2.46. The third-order valence-electron chi connectivity index (χ3n) is 3.43. The number of nitrogens with one attached hydrogen (secondary N) is 1. The number of hydrogen-bond donors (Lipinski definition) is 1. The molecule has 1 unspecified atom stereocenters. The van der Waals surface area contributed by atoms with Gasteiger partial charge in [-0.05, 0) is 18.6 Å². The van der Waals surface area contributed by atoms with E-state index in [0.29, 0.717) is 6.04 Å².